The van der Waals surface area contributed by atoms with Crippen molar-refractivity contribution in [2.24, 2.45) is 0 Å². The smallest absolute Gasteiger partial charge is 0.233 e. The van der Waals surface area contributed by atoms with Crippen molar-refractivity contribution in [1.82, 2.24) is 10.2 Å². The Labute approximate surface area is 138 Å². The van der Waals surface area contributed by atoms with Gasteiger partial charge in [-0.15, -0.1) is 0 Å². The van der Waals surface area contributed by atoms with E-state index in [2.05, 4.69) is 31.0 Å². The number of hydrogen-bond donors (Lipinski definition) is 1. The molecule has 0 saturated heterocycles. The van der Waals surface area contributed by atoms with Crippen molar-refractivity contribution in [2.45, 2.75) is 39.7 Å². The van der Waals surface area contributed by atoms with Gasteiger partial charge in [0.2, 0.25) is 11.6 Å². The molecule has 1 aliphatic carbocycles. The Morgan fingerprint density at radius 2 is 1.70 bits per heavy atom. The van der Waals surface area contributed by atoms with Crippen LogP contribution >= 0.6 is 0 Å². The lowest BCUT2D eigenvalue weighted by Crippen LogP contribution is -2.35. The Hall–Kier alpha value is -1.94. The number of carbonyl (C=O) groups is 2. The van der Waals surface area contributed by atoms with Gasteiger partial charge in [0, 0.05) is 35.5 Å². The summed E-state index contributed by atoms with van der Waals surface area (Å²) in [7, 11) is 0. The van der Waals surface area contributed by atoms with Crippen LogP contribution < -0.4 is 5.32 Å². The summed E-state index contributed by atoms with van der Waals surface area (Å²) >= 11 is 0. The Morgan fingerprint density at radius 3 is 2.30 bits per heavy atom. The van der Waals surface area contributed by atoms with E-state index in [1.165, 1.54) is 6.08 Å². The van der Waals surface area contributed by atoms with E-state index in [0.717, 1.165) is 43.7 Å². The highest BCUT2D eigenvalue weighted by molar-refractivity contribution is 6.50. The van der Waals surface area contributed by atoms with Crippen LogP contribution in [0.1, 0.15) is 49.5 Å². The molecule has 0 saturated carbocycles. The quantitative estimate of drug-likeness (QED) is 0.750. The molecule has 2 rings (SSSR count). The number of carbonyl (C=O) groups excluding carboxylic acids is 2. The zero-order valence-electron chi connectivity index (χ0n) is 14.3. The van der Waals surface area contributed by atoms with Crippen molar-refractivity contribution in [3.63, 3.8) is 0 Å². The first kappa shape index (κ1) is 17.4. The van der Waals surface area contributed by atoms with E-state index in [4.69, 9.17) is 0 Å². The van der Waals surface area contributed by atoms with Gasteiger partial charge in [-0.1, -0.05) is 45.0 Å². The van der Waals surface area contributed by atoms with Crippen LogP contribution in [0.2, 0.25) is 0 Å². The second kappa shape index (κ2) is 8.06. The van der Waals surface area contributed by atoms with Crippen molar-refractivity contribution < 1.29 is 9.59 Å². The highest BCUT2D eigenvalue weighted by Crippen LogP contribution is 2.24. The van der Waals surface area contributed by atoms with Crippen LogP contribution in [0.15, 0.2) is 30.3 Å². The Balaban J connectivity index is 2.12. The summed E-state index contributed by atoms with van der Waals surface area (Å²) in [6.07, 6.45) is 3.44. The summed E-state index contributed by atoms with van der Waals surface area (Å²) in [4.78, 5) is 26.3. The van der Waals surface area contributed by atoms with Gasteiger partial charge in [-0.25, -0.2) is 0 Å². The fourth-order valence-electron chi connectivity index (χ4n) is 2.92. The number of benzene rings is 1. The average Bonchev–Trinajstić information content (AvgIpc) is 2.59. The number of allylic oxidation sites excluding steroid dienone is 1. The van der Waals surface area contributed by atoms with Crippen LogP contribution in [-0.2, 0) is 4.79 Å². The summed E-state index contributed by atoms with van der Waals surface area (Å²) in [6, 6.07) is 7.60. The molecule has 0 radical (unpaired) electrons. The number of rotatable bonds is 8. The minimum absolute atomic E-state index is 0.288. The number of hydrogen-bond acceptors (Lipinski definition) is 4. The van der Waals surface area contributed by atoms with Gasteiger partial charge in [-0.2, -0.15) is 0 Å². The second-order valence-electron chi connectivity index (χ2n) is 5.86. The summed E-state index contributed by atoms with van der Waals surface area (Å²) in [6.45, 7) is 9.60. The van der Waals surface area contributed by atoms with Crippen LogP contribution in [0.5, 0.6) is 0 Å². The molecule has 0 aromatic heterocycles. The Morgan fingerprint density at radius 1 is 1.04 bits per heavy atom. The van der Waals surface area contributed by atoms with Crippen LogP contribution in [-0.4, -0.2) is 42.1 Å². The number of fused-ring (bicyclic) bond motifs is 1. The van der Waals surface area contributed by atoms with E-state index in [0.29, 0.717) is 5.56 Å². The van der Waals surface area contributed by atoms with Gasteiger partial charge < -0.3 is 10.2 Å². The van der Waals surface area contributed by atoms with Gasteiger partial charge in [0.15, 0.2) is 0 Å². The first-order valence-corrected chi connectivity index (χ1v) is 8.49. The molecule has 0 aliphatic heterocycles. The minimum atomic E-state index is -0.440. The molecule has 1 aromatic rings. The lowest BCUT2D eigenvalue weighted by molar-refractivity contribution is -0.111. The lowest BCUT2D eigenvalue weighted by atomic mass is 9.92. The molecule has 0 amide bonds. The molecule has 1 N–H and O–H groups in total. The van der Waals surface area contributed by atoms with E-state index in [-0.39, 0.29) is 6.04 Å². The topological polar surface area (TPSA) is 49.4 Å². The van der Waals surface area contributed by atoms with Crippen molar-refractivity contribution in [3.8, 4) is 0 Å². The maximum Gasteiger partial charge on any atom is 0.233 e. The molecular weight excluding hydrogens is 288 g/mol. The largest absolute Gasteiger partial charge is 0.382 e. The van der Waals surface area contributed by atoms with Crippen molar-refractivity contribution >= 4 is 17.3 Å². The average molecular weight is 314 g/mol. The molecular formula is C19H26N2O2. The van der Waals surface area contributed by atoms with E-state index in [1.54, 1.807) is 12.1 Å². The summed E-state index contributed by atoms with van der Waals surface area (Å²) < 4.78 is 0. The van der Waals surface area contributed by atoms with E-state index >= 15 is 0 Å². The summed E-state index contributed by atoms with van der Waals surface area (Å²) in [5, 5.41) is 3.48. The summed E-state index contributed by atoms with van der Waals surface area (Å²) in [5.41, 5.74) is 2.11. The fourth-order valence-corrected chi connectivity index (χ4v) is 2.92. The van der Waals surface area contributed by atoms with E-state index in [1.807, 2.05) is 12.1 Å². The standard InChI is InChI=1S/C19H26N2O2/c1-4-14(11-12-21(5-2)6-3)20-17-13-18(22)19(23)16-10-8-7-9-15(16)17/h7-10,13-14,20H,4-6,11-12H2,1-3H3/t14-/m0/s1. The molecule has 0 fully saturated rings. The fraction of sp³-hybridized carbons (Fsp3) is 0.474. The number of nitrogens with zero attached hydrogens (tertiary/aromatic N) is 1. The van der Waals surface area contributed by atoms with Crippen molar-refractivity contribution in [2.75, 3.05) is 19.6 Å². The molecule has 0 spiro atoms. The first-order chi connectivity index (χ1) is 11.1. The maximum atomic E-state index is 12.0. The molecule has 4 nitrogen and oxygen atoms in total. The zero-order valence-corrected chi connectivity index (χ0v) is 14.3. The molecule has 1 aliphatic rings. The number of Topliss-reactive ketones (excluding diaryl/α,β-unsaturated/α-hetero) is 1. The van der Waals surface area contributed by atoms with Crippen molar-refractivity contribution in [1.29, 1.82) is 0 Å². The Kier molecular flexibility index (Phi) is 6.11. The highest BCUT2D eigenvalue weighted by atomic mass is 16.2. The molecule has 124 valence electrons. The monoisotopic (exact) mass is 314 g/mol. The van der Waals surface area contributed by atoms with E-state index in [9.17, 15) is 9.59 Å². The third-order valence-electron chi connectivity index (χ3n) is 4.50. The van der Waals surface area contributed by atoms with Gasteiger partial charge in [-0.3, -0.25) is 9.59 Å². The number of ketones is 2. The first-order valence-electron chi connectivity index (χ1n) is 8.49. The number of nitrogens with one attached hydrogen (secondary N) is 1. The second-order valence-corrected chi connectivity index (χ2v) is 5.86. The van der Waals surface area contributed by atoms with Crippen LogP contribution in [0.3, 0.4) is 0 Å². The van der Waals surface area contributed by atoms with Crippen LogP contribution in [0.25, 0.3) is 5.70 Å². The van der Waals surface area contributed by atoms with Gasteiger partial charge in [-0.05, 0) is 25.9 Å². The molecule has 0 heterocycles. The minimum Gasteiger partial charge on any atom is -0.382 e. The Bertz CT molecular complexity index is 603. The van der Waals surface area contributed by atoms with Gasteiger partial charge in [0.1, 0.15) is 0 Å². The normalized spacial score (nSPS) is 15.4. The third-order valence-corrected chi connectivity index (χ3v) is 4.50. The molecule has 1 atom stereocenters. The lowest BCUT2D eigenvalue weighted by Gasteiger charge is -2.26. The van der Waals surface area contributed by atoms with Gasteiger partial charge in [0.25, 0.3) is 0 Å². The molecule has 0 unspecified atom stereocenters. The van der Waals surface area contributed by atoms with Gasteiger partial charge >= 0.3 is 0 Å². The van der Waals surface area contributed by atoms with Crippen molar-refractivity contribution in [3.05, 3.63) is 41.5 Å². The zero-order chi connectivity index (χ0) is 16.8. The predicted molar refractivity (Wildman–Crippen MR) is 93.4 cm³/mol. The van der Waals surface area contributed by atoms with E-state index < -0.39 is 11.6 Å². The third kappa shape index (κ3) is 4.08. The summed E-state index contributed by atoms with van der Waals surface area (Å²) in [5.74, 6) is -0.855. The van der Waals surface area contributed by atoms with Crippen LogP contribution in [0.4, 0.5) is 0 Å². The molecule has 4 heteroatoms. The highest BCUT2D eigenvalue weighted by Gasteiger charge is 2.26. The molecule has 0 bridgehead atoms. The molecule has 23 heavy (non-hydrogen) atoms. The predicted octanol–water partition coefficient (Wildman–Crippen LogP) is 2.89. The SMILES string of the molecule is CC[C@@H](CCN(CC)CC)NC1=CC(=O)C(=O)c2ccccc21. The van der Waals surface area contributed by atoms with Crippen LogP contribution in [0, 0.1) is 0 Å². The molecule has 1 aromatic carbocycles. The maximum absolute atomic E-state index is 12.0. The van der Waals surface area contributed by atoms with Gasteiger partial charge in [0.05, 0.1) is 0 Å².